The first-order valence-electron chi connectivity index (χ1n) is 7.93. The number of hydrogen-bond acceptors (Lipinski definition) is 2. The molecule has 0 aliphatic carbocycles. The summed E-state index contributed by atoms with van der Waals surface area (Å²) in [5.41, 5.74) is 2.03. The van der Waals surface area contributed by atoms with Gasteiger partial charge >= 0.3 is 0 Å². The van der Waals surface area contributed by atoms with Crippen molar-refractivity contribution in [2.24, 2.45) is 0 Å². The highest BCUT2D eigenvalue weighted by atomic mass is 19.1. The van der Waals surface area contributed by atoms with Crippen LogP contribution in [-0.2, 0) is 11.3 Å². The van der Waals surface area contributed by atoms with E-state index in [4.69, 9.17) is 0 Å². The Hall–Kier alpha value is -2.20. The summed E-state index contributed by atoms with van der Waals surface area (Å²) in [5.74, 6) is -0.279. The molecule has 0 aromatic heterocycles. The lowest BCUT2D eigenvalue weighted by Crippen LogP contribution is -2.44. The topological polar surface area (TPSA) is 41.1 Å². The number of nitrogens with one attached hydrogen (secondary N) is 2. The van der Waals surface area contributed by atoms with E-state index in [0.717, 1.165) is 11.1 Å². The van der Waals surface area contributed by atoms with E-state index < -0.39 is 0 Å². The average molecular weight is 314 g/mol. The molecule has 2 aromatic carbocycles. The van der Waals surface area contributed by atoms with Crippen molar-refractivity contribution < 1.29 is 9.18 Å². The Bertz CT molecular complexity index is 613. The minimum Gasteiger partial charge on any atom is -0.351 e. The highest BCUT2D eigenvalue weighted by Crippen LogP contribution is 2.14. The van der Waals surface area contributed by atoms with Crippen LogP contribution in [0.2, 0.25) is 0 Å². The third kappa shape index (κ3) is 5.18. The molecule has 0 radical (unpaired) electrons. The van der Waals surface area contributed by atoms with Crippen molar-refractivity contribution in [2.45, 2.75) is 38.9 Å². The van der Waals surface area contributed by atoms with Crippen LogP contribution in [0.15, 0.2) is 54.6 Å². The molecule has 2 aromatic rings. The lowest BCUT2D eigenvalue weighted by molar-refractivity contribution is -0.123. The van der Waals surface area contributed by atoms with E-state index in [1.807, 2.05) is 44.2 Å². The molecule has 4 heteroatoms. The molecule has 0 heterocycles. The van der Waals surface area contributed by atoms with Crippen LogP contribution in [0, 0.1) is 5.82 Å². The molecule has 0 fully saturated rings. The number of amides is 1. The predicted octanol–water partition coefficient (Wildman–Crippen LogP) is 3.57. The molecule has 0 saturated heterocycles. The van der Waals surface area contributed by atoms with E-state index in [9.17, 15) is 9.18 Å². The summed E-state index contributed by atoms with van der Waals surface area (Å²) in [4.78, 5) is 12.3. The molecule has 1 unspecified atom stereocenters. The minimum atomic E-state index is -0.279. The van der Waals surface area contributed by atoms with Crippen LogP contribution in [0.1, 0.15) is 37.4 Å². The molecule has 0 aliphatic heterocycles. The third-order valence-corrected chi connectivity index (χ3v) is 3.86. The van der Waals surface area contributed by atoms with E-state index >= 15 is 0 Å². The van der Waals surface area contributed by atoms with Gasteiger partial charge in [0, 0.05) is 12.6 Å². The Morgan fingerprint density at radius 2 is 1.74 bits per heavy atom. The van der Waals surface area contributed by atoms with Crippen LogP contribution >= 0.6 is 0 Å². The summed E-state index contributed by atoms with van der Waals surface area (Å²) in [6.45, 7) is 4.46. The standard InChI is InChI=1S/C19H23FN2O/c1-3-18(19(23)21-13-15-7-5-4-6-8-15)22-14(2)16-9-11-17(20)12-10-16/h4-12,14,18,22H,3,13H2,1-2H3,(H,21,23)/t14?,18-/m0/s1. The second kappa shape index (κ2) is 8.44. The van der Waals surface area contributed by atoms with Gasteiger partial charge in [0.15, 0.2) is 0 Å². The minimum absolute atomic E-state index is 0.0229. The van der Waals surface area contributed by atoms with Gasteiger partial charge in [-0.25, -0.2) is 4.39 Å². The van der Waals surface area contributed by atoms with Gasteiger partial charge in [-0.2, -0.15) is 0 Å². The zero-order valence-electron chi connectivity index (χ0n) is 13.6. The van der Waals surface area contributed by atoms with Gasteiger partial charge in [0.25, 0.3) is 0 Å². The van der Waals surface area contributed by atoms with Crippen LogP contribution < -0.4 is 10.6 Å². The van der Waals surface area contributed by atoms with Crippen molar-refractivity contribution >= 4 is 5.91 Å². The molecular formula is C19H23FN2O. The fourth-order valence-corrected chi connectivity index (χ4v) is 2.44. The van der Waals surface area contributed by atoms with Gasteiger partial charge in [-0.05, 0) is 36.6 Å². The zero-order chi connectivity index (χ0) is 16.7. The number of benzene rings is 2. The lowest BCUT2D eigenvalue weighted by Gasteiger charge is -2.22. The molecule has 0 spiro atoms. The Kier molecular flexibility index (Phi) is 6.29. The maximum Gasteiger partial charge on any atom is 0.237 e. The van der Waals surface area contributed by atoms with Crippen molar-refractivity contribution in [3.05, 3.63) is 71.5 Å². The van der Waals surface area contributed by atoms with Crippen molar-refractivity contribution in [1.82, 2.24) is 10.6 Å². The Balaban J connectivity index is 1.90. The molecular weight excluding hydrogens is 291 g/mol. The quantitative estimate of drug-likeness (QED) is 0.820. The van der Waals surface area contributed by atoms with E-state index in [2.05, 4.69) is 10.6 Å². The molecule has 3 nitrogen and oxygen atoms in total. The number of carbonyl (C=O) groups excluding carboxylic acids is 1. The fraction of sp³-hybridized carbons (Fsp3) is 0.316. The number of halogens is 1. The molecule has 2 atom stereocenters. The first-order valence-corrected chi connectivity index (χ1v) is 7.93. The number of carbonyl (C=O) groups is 1. The summed E-state index contributed by atoms with van der Waals surface area (Å²) in [6.07, 6.45) is 0.687. The van der Waals surface area contributed by atoms with E-state index in [-0.39, 0.29) is 23.8 Å². The SMILES string of the molecule is CC[C@H](NC(C)c1ccc(F)cc1)C(=O)NCc1ccccc1. The normalized spacial score (nSPS) is 13.3. The van der Waals surface area contributed by atoms with Gasteiger partial charge in [0.1, 0.15) is 5.82 Å². The van der Waals surface area contributed by atoms with Gasteiger partial charge < -0.3 is 5.32 Å². The van der Waals surface area contributed by atoms with Gasteiger partial charge in [-0.1, -0.05) is 49.4 Å². The van der Waals surface area contributed by atoms with Crippen molar-refractivity contribution in [3.8, 4) is 0 Å². The molecule has 0 bridgehead atoms. The van der Waals surface area contributed by atoms with Crippen LogP contribution in [0.25, 0.3) is 0 Å². The van der Waals surface area contributed by atoms with E-state index in [1.54, 1.807) is 12.1 Å². The highest BCUT2D eigenvalue weighted by Gasteiger charge is 2.18. The van der Waals surface area contributed by atoms with Crippen molar-refractivity contribution in [1.29, 1.82) is 0 Å². The third-order valence-electron chi connectivity index (χ3n) is 3.86. The zero-order valence-corrected chi connectivity index (χ0v) is 13.6. The summed E-state index contributed by atoms with van der Waals surface area (Å²) >= 11 is 0. The first-order chi connectivity index (χ1) is 11.1. The molecule has 2 N–H and O–H groups in total. The average Bonchev–Trinajstić information content (AvgIpc) is 2.59. The summed E-state index contributed by atoms with van der Waals surface area (Å²) < 4.78 is 13.0. The summed E-state index contributed by atoms with van der Waals surface area (Å²) in [5, 5.41) is 6.26. The van der Waals surface area contributed by atoms with Gasteiger partial charge in [0.05, 0.1) is 6.04 Å². The van der Waals surface area contributed by atoms with Gasteiger partial charge in [-0.15, -0.1) is 0 Å². The molecule has 23 heavy (non-hydrogen) atoms. The van der Waals surface area contributed by atoms with Crippen molar-refractivity contribution in [3.63, 3.8) is 0 Å². The van der Waals surface area contributed by atoms with Crippen LogP contribution in [0.5, 0.6) is 0 Å². The van der Waals surface area contributed by atoms with Crippen LogP contribution in [0.3, 0.4) is 0 Å². The molecule has 0 saturated carbocycles. The fourth-order valence-electron chi connectivity index (χ4n) is 2.44. The monoisotopic (exact) mass is 314 g/mol. The smallest absolute Gasteiger partial charge is 0.237 e. The second-order valence-electron chi connectivity index (χ2n) is 5.60. The van der Waals surface area contributed by atoms with Crippen LogP contribution in [0.4, 0.5) is 4.39 Å². The largest absolute Gasteiger partial charge is 0.351 e. The Labute approximate surface area is 136 Å². The summed E-state index contributed by atoms with van der Waals surface area (Å²) in [7, 11) is 0. The molecule has 2 rings (SSSR count). The van der Waals surface area contributed by atoms with Crippen LogP contribution in [-0.4, -0.2) is 11.9 Å². The number of hydrogen-bond donors (Lipinski definition) is 2. The maximum atomic E-state index is 13.0. The Morgan fingerprint density at radius 1 is 1.09 bits per heavy atom. The van der Waals surface area contributed by atoms with Gasteiger partial charge in [0.2, 0.25) is 5.91 Å². The second-order valence-corrected chi connectivity index (χ2v) is 5.60. The van der Waals surface area contributed by atoms with Gasteiger partial charge in [-0.3, -0.25) is 10.1 Å². The first kappa shape index (κ1) is 17.2. The Morgan fingerprint density at radius 3 is 2.35 bits per heavy atom. The number of rotatable bonds is 7. The molecule has 1 amide bonds. The van der Waals surface area contributed by atoms with E-state index in [1.165, 1.54) is 12.1 Å². The predicted molar refractivity (Wildman–Crippen MR) is 90.3 cm³/mol. The maximum absolute atomic E-state index is 13.0. The molecule has 122 valence electrons. The van der Waals surface area contributed by atoms with Crippen molar-refractivity contribution in [2.75, 3.05) is 0 Å². The molecule has 0 aliphatic rings. The summed E-state index contributed by atoms with van der Waals surface area (Å²) in [6, 6.07) is 15.9. The lowest BCUT2D eigenvalue weighted by atomic mass is 10.1. The highest BCUT2D eigenvalue weighted by molar-refractivity contribution is 5.81. The van der Waals surface area contributed by atoms with E-state index in [0.29, 0.717) is 13.0 Å².